The molecule has 0 N–H and O–H groups in total. The van der Waals surface area contributed by atoms with Gasteiger partial charge in [0.05, 0.1) is 5.69 Å². The van der Waals surface area contributed by atoms with Crippen molar-refractivity contribution in [1.29, 1.82) is 0 Å². The number of aromatic nitrogens is 3. The number of unbranched alkanes of at least 4 members (excludes halogenated alkanes) is 3. The summed E-state index contributed by atoms with van der Waals surface area (Å²) >= 11 is 0. The lowest BCUT2D eigenvalue weighted by atomic mass is 10.1. The van der Waals surface area contributed by atoms with Gasteiger partial charge >= 0.3 is 0 Å². The maximum absolute atomic E-state index is 11.1. The van der Waals surface area contributed by atoms with Gasteiger partial charge in [-0.3, -0.25) is 4.79 Å². The molecule has 0 atom stereocenters. The molecule has 20 heavy (non-hydrogen) atoms. The van der Waals surface area contributed by atoms with Gasteiger partial charge in [0.15, 0.2) is 6.29 Å². The van der Waals surface area contributed by atoms with Crippen molar-refractivity contribution in [1.82, 2.24) is 15.0 Å². The summed E-state index contributed by atoms with van der Waals surface area (Å²) in [4.78, 5) is 11.1. The molecule has 0 unspecified atom stereocenters. The van der Waals surface area contributed by atoms with Crippen LogP contribution in [0.1, 0.15) is 54.4 Å². The molecule has 4 heteroatoms. The molecule has 2 rings (SSSR count). The molecule has 0 bridgehead atoms. The molecule has 0 fully saturated rings. The first-order valence-electron chi connectivity index (χ1n) is 7.26. The van der Waals surface area contributed by atoms with Gasteiger partial charge in [-0.05, 0) is 12.0 Å². The number of carbonyl (C=O) groups is 1. The Morgan fingerprint density at radius 2 is 1.95 bits per heavy atom. The molecule has 0 radical (unpaired) electrons. The normalized spacial score (nSPS) is 10.7. The second-order valence-electron chi connectivity index (χ2n) is 4.99. The van der Waals surface area contributed by atoms with Gasteiger partial charge in [-0.1, -0.05) is 61.7 Å². The number of carbonyl (C=O) groups excluding carboxylic acids is 1. The van der Waals surface area contributed by atoms with E-state index in [4.69, 9.17) is 0 Å². The van der Waals surface area contributed by atoms with Crippen molar-refractivity contribution in [3.63, 3.8) is 0 Å². The molecule has 0 aliphatic heterocycles. The number of hydrogen-bond donors (Lipinski definition) is 0. The molecule has 1 aromatic heterocycles. The molecule has 106 valence electrons. The molecule has 0 aliphatic rings. The Labute approximate surface area is 119 Å². The topological polar surface area (TPSA) is 47.8 Å². The second kappa shape index (κ2) is 7.58. The highest BCUT2D eigenvalue weighted by atomic mass is 16.1. The lowest BCUT2D eigenvalue weighted by Gasteiger charge is -2.07. The Hall–Kier alpha value is -1.97. The van der Waals surface area contributed by atoms with Crippen molar-refractivity contribution in [2.75, 3.05) is 0 Å². The predicted molar refractivity (Wildman–Crippen MR) is 78.8 cm³/mol. The number of aldehydes is 1. The number of benzene rings is 1. The first-order chi connectivity index (χ1) is 9.85. The predicted octanol–water partition coefficient (Wildman–Crippen LogP) is 3.26. The minimum absolute atomic E-state index is 0.462. The highest BCUT2D eigenvalue weighted by Gasteiger charge is 2.12. The van der Waals surface area contributed by atoms with E-state index in [1.165, 1.54) is 24.8 Å². The van der Waals surface area contributed by atoms with Crippen LogP contribution < -0.4 is 0 Å². The molecule has 0 amide bonds. The van der Waals surface area contributed by atoms with Crippen LogP contribution in [-0.4, -0.2) is 21.3 Å². The van der Waals surface area contributed by atoms with Crippen molar-refractivity contribution >= 4 is 6.29 Å². The third-order valence-corrected chi connectivity index (χ3v) is 3.42. The maximum Gasteiger partial charge on any atom is 0.172 e. The van der Waals surface area contributed by atoms with E-state index < -0.39 is 0 Å². The molecular weight excluding hydrogens is 250 g/mol. The van der Waals surface area contributed by atoms with E-state index in [-0.39, 0.29) is 0 Å². The zero-order chi connectivity index (χ0) is 14.2. The second-order valence-corrected chi connectivity index (χ2v) is 4.99. The lowest BCUT2D eigenvalue weighted by molar-refractivity contribution is 0.111. The summed E-state index contributed by atoms with van der Waals surface area (Å²) in [7, 11) is 0. The van der Waals surface area contributed by atoms with Gasteiger partial charge in [0, 0.05) is 13.0 Å². The van der Waals surface area contributed by atoms with Crippen LogP contribution in [0.3, 0.4) is 0 Å². The van der Waals surface area contributed by atoms with Crippen LogP contribution >= 0.6 is 0 Å². The zero-order valence-corrected chi connectivity index (χ0v) is 12.0. The highest BCUT2D eigenvalue weighted by molar-refractivity contribution is 5.73. The molecule has 4 nitrogen and oxygen atoms in total. The van der Waals surface area contributed by atoms with Crippen molar-refractivity contribution < 1.29 is 4.79 Å². The van der Waals surface area contributed by atoms with Crippen LogP contribution in [0, 0.1) is 0 Å². The van der Waals surface area contributed by atoms with Gasteiger partial charge < -0.3 is 0 Å². The average Bonchev–Trinajstić information content (AvgIpc) is 2.87. The fourth-order valence-electron chi connectivity index (χ4n) is 2.28. The van der Waals surface area contributed by atoms with E-state index in [9.17, 15) is 4.79 Å². The fourth-order valence-corrected chi connectivity index (χ4v) is 2.28. The van der Waals surface area contributed by atoms with E-state index in [1.54, 1.807) is 0 Å². The first-order valence-corrected chi connectivity index (χ1v) is 7.26. The van der Waals surface area contributed by atoms with Gasteiger partial charge in [-0.25, -0.2) is 4.68 Å². The number of aryl methyl sites for hydroxylation is 1. The van der Waals surface area contributed by atoms with Crippen molar-refractivity contribution in [2.24, 2.45) is 0 Å². The average molecular weight is 271 g/mol. The minimum Gasteiger partial charge on any atom is -0.296 e. The fraction of sp³-hybridized carbons (Fsp3) is 0.438. The van der Waals surface area contributed by atoms with Gasteiger partial charge in [0.2, 0.25) is 0 Å². The van der Waals surface area contributed by atoms with Gasteiger partial charge in [0.1, 0.15) is 5.69 Å². The minimum atomic E-state index is 0.462. The molecule has 2 aromatic rings. The number of hydrogen-bond acceptors (Lipinski definition) is 3. The smallest absolute Gasteiger partial charge is 0.172 e. The summed E-state index contributed by atoms with van der Waals surface area (Å²) in [5, 5.41) is 8.09. The van der Waals surface area contributed by atoms with Crippen LogP contribution in [0.5, 0.6) is 0 Å². The van der Waals surface area contributed by atoms with E-state index in [0.29, 0.717) is 12.1 Å². The first kappa shape index (κ1) is 14.4. The molecule has 1 heterocycles. The summed E-state index contributed by atoms with van der Waals surface area (Å²) in [6.07, 6.45) is 6.23. The van der Waals surface area contributed by atoms with Crippen LogP contribution in [-0.2, 0) is 13.0 Å². The molecule has 0 saturated heterocycles. The van der Waals surface area contributed by atoms with Crippen LogP contribution in [0.4, 0.5) is 0 Å². The summed E-state index contributed by atoms with van der Waals surface area (Å²) in [6, 6.07) is 10.1. The standard InChI is InChI=1S/C16H21N3O/c1-2-3-4-8-11-19-16(15(13-20)17-18-19)12-14-9-6-5-7-10-14/h5-7,9-10,13H,2-4,8,11-12H2,1H3. The van der Waals surface area contributed by atoms with Crippen molar-refractivity contribution in [3.8, 4) is 0 Å². The molecule has 0 spiro atoms. The summed E-state index contributed by atoms with van der Waals surface area (Å²) < 4.78 is 1.88. The Balaban J connectivity index is 2.09. The van der Waals surface area contributed by atoms with E-state index >= 15 is 0 Å². The highest BCUT2D eigenvalue weighted by Crippen LogP contribution is 2.12. The van der Waals surface area contributed by atoms with E-state index in [1.807, 2.05) is 22.9 Å². The Bertz CT molecular complexity index is 534. The SMILES string of the molecule is CCCCCCn1nnc(C=O)c1Cc1ccccc1. The van der Waals surface area contributed by atoms with Crippen molar-refractivity contribution in [3.05, 3.63) is 47.3 Å². The summed E-state index contributed by atoms with van der Waals surface area (Å²) in [5.41, 5.74) is 2.56. The largest absolute Gasteiger partial charge is 0.296 e. The maximum atomic E-state index is 11.1. The molecule has 1 aromatic carbocycles. The van der Waals surface area contributed by atoms with Crippen LogP contribution in [0.25, 0.3) is 0 Å². The Morgan fingerprint density at radius 3 is 2.65 bits per heavy atom. The molecule has 0 saturated carbocycles. The Kier molecular flexibility index (Phi) is 5.47. The third-order valence-electron chi connectivity index (χ3n) is 3.42. The van der Waals surface area contributed by atoms with Crippen LogP contribution in [0.2, 0.25) is 0 Å². The van der Waals surface area contributed by atoms with Gasteiger partial charge in [-0.15, -0.1) is 5.10 Å². The molecule has 0 aliphatic carbocycles. The number of rotatable bonds is 8. The Morgan fingerprint density at radius 1 is 1.15 bits per heavy atom. The van der Waals surface area contributed by atoms with Crippen LogP contribution in [0.15, 0.2) is 30.3 Å². The van der Waals surface area contributed by atoms with Crippen molar-refractivity contribution in [2.45, 2.75) is 45.6 Å². The third kappa shape index (κ3) is 3.76. The quantitative estimate of drug-likeness (QED) is 0.547. The lowest BCUT2D eigenvalue weighted by Crippen LogP contribution is -2.07. The monoisotopic (exact) mass is 271 g/mol. The summed E-state index contributed by atoms with van der Waals surface area (Å²) in [6.45, 7) is 3.03. The zero-order valence-electron chi connectivity index (χ0n) is 12.0. The summed E-state index contributed by atoms with van der Waals surface area (Å²) in [5.74, 6) is 0. The molecular formula is C16H21N3O. The number of nitrogens with zero attached hydrogens (tertiary/aromatic N) is 3. The van der Waals surface area contributed by atoms with Gasteiger partial charge in [-0.2, -0.15) is 0 Å². The van der Waals surface area contributed by atoms with E-state index in [2.05, 4.69) is 29.4 Å². The van der Waals surface area contributed by atoms with E-state index in [0.717, 1.165) is 24.9 Å². The van der Waals surface area contributed by atoms with Gasteiger partial charge in [0.25, 0.3) is 0 Å².